The second-order valence-corrected chi connectivity index (χ2v) is 3.75. The van der Waals surface area contributed by atoms with E-state index in [2.05, 4.69) is 25.3 Å². The Balaban J connectivity index is 2.32. The van der Waals surface area contributed by atoms with E-state index in [0.29, 0.717) is 6.01 Å². The third-order valence-corrected chi connectivity index (χ3v) is 2.55. The van der Waals surface area contributed by atoms with Crippen LogP contribution < -0.4 is 10.1 Å². The summed E-state index contributed by atoms with van der Waals surface area (Å²) in [5, 5.41) is 3.19. The lowest BCUT2D eigenvalue weighted by Gasteiger charge is -2.15. The van der Waals surface area contributed by atoms with Crippen molar-refractivity contribution < 1.29 is 4.74 Å². The van der Waals surface area contributed by atoms with Gasteiger partial charge in [0.05, 0.1) is 18.8 Å². The van der Waals surface area contributed by atoms with Gasteiger partial charge in [0.15, 0.2) is 0 Å². The zero-order chi connectivity index (χ0) is 13.0. The summed E-state index contributed by atoms with van der Waals surface area (Å²) in [7, 11) is 3.41. The van der Waals surface area contributed by atoms with E-state index in [1.165, 1.54) is 0 Å². The first kappa shape index (κ1) is 12.4. The van der Waals surface area contributed by atoms with Gasteiger partial charge >= 0.3 is 6.01 Å². The number of aryl methyl sites for hydroxylation is 1. The number of nitrogens with zero attached hydrogens (tertiary/aromatic N) is 4. The minimum atomic E-state index is -0.0578. The maximum atomic E-state index is 4.94. The van der Waals surface area contributed by atoms with Crippen molar-refractivity contribution >= 4 is 0 Å². The Kier molecular flexibility index (Phi) is 3.78. The smallest absolute Gasteiger partial charge is 0.316 e. The van der Waals surface area contributed by atoms with Gasteiger partial charge in [-0.25, -0.2) is 19.9 Å². The zero-order valence-corrected chi connectivity index (χ0v) is 10.6. The highest BCUT2D eigenvalue weighted by atomic mass is 16.5. The Hall–Kier alpha value is -2.08. The summed E-state index contributed by atoms with van der Waals surface area (Å²) in [4.78, 5) is 16.7. The highest BCUT2D eigenvalue weighted by Crippen LogP contribution is 2.19. The molecule has 0 aliphatic heterocycles. The third-order valence-electron chi connectivity index (χ3n) is 2.55. The molecule has 94 valence electrons. The first-order valence-electron chi connectivity index (χ1n) is 5.57. The molecule has 1 unspecified atom stereocenters. The van der Waals surface area contributed by atoms with E-state index >= 15 is 0 Å². The Morgan fingerprint density at radius 1 is 1.22 bits per heavy atom. The van der Waals surface area contributed by atoms with Crippen molar-refractivity contribution in [2.24, 2.45) is 0 Å². The van der Waals surface area contributed by atoms with E-state index in [-0.39, 0.29) is 6.04 Å². The zero-order valence-electron chi connectivity index (χ0n) is 10.6. The van der Waals surface area contributed by atoms with E-state index in [4.69, 9.17) is 4.74 Å². The predicted octanol–water partition coefficient (Wildman–Crippen LogP) is 0.892. The fraction of sp³-hybridized carbons (Fsp3) is 0.333. The average Bonchev–Trinajstić information content (AvgIpc) is 2.40. The molecule has 1 N–H and O–H groups in total. The molecule has 0 bridgehead atoms. The molecular weight excluding hydrogens is 230 g/mol. The normalized spacial score (nSPS) is 12.2. The number of rotatable bonds is 4. The van der Waals surface area contributed by atoms with Crippen molar-refractivity contribution in [3.8, 4) is 6.01 Å². The van der Waals surface area contributed by atoms with Crippen LogP contribution in [0.3, 0.4) is 0 Å². The molecule has 2 heterocycles. The van der Waals surface area contributed by atoms with Crippen molar-refractivity contribution in [3.63, 3.8) is 0 Å². The summed E-state index contributed by atoms with van der Waals surface area (Å²) in [5.41, 5.74) is 1.81. The summed E-state index contributed by atoms with van der Waals surface area (Å²) in [5.74, 6) is 0.738. The molecule has 1 atom stereocenters. The number of ether oxygens (including phenoxy) is 1. The van der Waals surface area contributed by atoms with Gasteiger partial charge in [0.1, 0.15) is 5.82 Å². The maximum Gasteiger partial charge on any atom is 0.316 e. The van der Waals surface area contributed by atoms with Crippen LogP contribution >= 0.6 is 0 Å². The molecule has 0 aliphatic carbocycles. The molecule has 2 aromatic heterocycles. The quantitative estimate of drug-likeness (QED) is 0.862. The highest BCUT2D eigenvalue weighted by molar-refractivity contribution is 5.23. The Morgan fingerprint density at radius 3 is 2.50 bits per heavy atom. The first-order valence-corrected chi connectivity index (χ1v) is 5.57. The standard InChI is InChI=1S/C12H15N5O/c1-8-14-5-4-10(17-8)11(13-2)9-6-15-12(18-3)16-7-9/h4-7,11,13H,1-3H3. The van der Waals surface area contributed by atoms with Crippen LogP contribution in [0.5, 0.6) is 6.01 Å². The number of hydrogen-bond donors (Lipinski definition) is 1. The van der Waals surface area contributed by atoms with Crippen LogP contribution in [-0.2, 0) is 0 Å². The van der Waals surface area contributed by atoms with Crippen molar-refractivity contribution in [2.45, 2.75) is 13.0 Å². The van der Waals surface area contributed by atoms with Crippen LogP contribution in [0.2, 0.25) is 0 Å². The maximum absolute atomic E-state index is 4.94. The van der Waals surface area contributed by atoms with E-state index < -0.39 is 0 Å². The Labute approximate surface area is 105 Å². The summed E-state index contributed by atoms with van der Waals surface area (Å²) in [6.45, 7) is 1.86. The number of nitrogens with one attached hydrogen (secondary N) is 1. The molecule has 0 aliphatic rings. The number of aromatic nitrogens is 4. The van der Waals surface area contributed by atoms with Crippen LogP contribution in [0.4, 0.5) is 0 Å². The third kappa shape index (κ3) is 2.60. The summed E-state index contributed by atoms with van der Waals surface area (Å²) in [6, 6.07) is 2.17. The van der Waals surface area contributed by atoms with Crippen molar-refractivity contribution in [3.05, 3.63) is 41.7 Å². The highest BCUT2D eigenvalue weighted by Gasteiger charge is 2.14. The van der Waals surface area contributed by atoms with Gasteiger partial charge in [0.25, 0.3) is 0 Å². The summed E-state index contributed by atoms with van der Waals surface area (Å²) >= 11 is 0. The van der Waals surface area contributed by atoms with E-state index in [0.717, 1.165) is 17.1 Å². The number of methoxy groups -OCH3 is 1. The fourth-order valence-corrected chi connectivity index (χ4v) is 1.70. The molecule has 0 aromatic carbocycles. The lowest BCUT2D eigenvalue weighted by atomic mass is 10.1. The van der Waals surface area contributed by atoms with Crippen molar-refractivity contribution in [1.29, 1.82) is 0 Å². The van der Waals surface area contributed by atoms with Crippen LogP contribution in [0, 0.1) is 6.92 Å². The average molecular weight is 245 g/mol. The second kappa shape index (κ2) is 5.50. The predicted molar refractivity (Wildman–Crippen MR) is 66.3 cm³/mol. The van der Waals surface area contributed by atoms with Gasteiger partial charge in [-0.3, -0.25) is 0 Å². The molecule has 6 nitrogen and oxygen atoms in total. The summed E-state index contributed by atoms with van der Waals surface area (Å²) < 4.78 is 4.94. The second-order valence-electron chi connectivity index (χ2n) is 3.75. The molecule has 0 saturated carbocycles. The van der Waals surface area contributed by atoms with Gasteiger partial charge in [-0.2, -0.15) is 0 Å². The molecule has 0 fully saturated rings. The van der Waals surface area contributed by atoms with Gasteiger partial charge in [0.2, 0.25) is 0 Å². The van der Waals surface area contributed by atoms with E-state index in [1.54, 1.807) is 25.7 Å². The lowest BCUT2D eigenvalue weighted by molar-refractivity contribution is 0.378. The molecule has 0 spiro atoms. The Bertz CT molecular complexity index is 514. The molecule has 18 heavy (non-hydrogen) atoms. The van der Waals surface area contributed by atoms with Crippen LogP contribution in [0.25, 0.3) is 0 Å². The summed E-state index contributed by atoms with van der Waals surface area (Å²) in [6.07, 6.45) is 5.20. The fourth-order valence-electron chi connectivity index (χ4n) is 1.70. The molecule has 2 aromatic rings. The minimum Gasteiger partial charge on any atom is -0.467 e. The largest absolute Gasteiger partial charge is 0.467 e. The first-order chi connectivity index (χ1) is 8.74. The van der Waals surface area contributed by atoms with Gasteiger partial charge in [-0.1, -0.05) is 0 Å². The lowest BCUT2D eigenvalue weighted by Crippen LogP contribution is -2.20. The molecule has 0 saturated heterocycles. The van der Waals surface area contributed by atoms with Gasteiger partial charge in [-0.05, 0) is 20.0 Å². The van der Waals surface area contributed by atoms with Crippen molar-refractivity contribution in [1.82, 2.24) is 25.3 Å². The van der Waals surface area contributed by atoms with E-state index in [1.807, 2.05) is 20.0 Å². The van der Waals surface area contributed by atoms with E-state index in [9.17, 15) is 0 Å². The minimum absolute atomic E-state index is 0.0578. The van der Waals surface area contributed by atoms with Gasteiger partial charge < -0.3 is 10.1 Å². The van der Waals surface area contributed by atoms with Crippen LogP contribution in [-0.4, -0.2) is 34.1 Å². The molecule has 6 heteroatoms. The van der Waals surface area contributed by atoms with Crippen LogP contribution in [0.15, 0.2) is 24.7 Å². The van der Waals surface area contributed by atoms with Crippen molar-refractivity contribution in [2.75, 3.05) is 14.2 Å². The monoisotopic (exact) mass is 245 g/mol. The van der Waals surface area contributed by atoms with Crippen LogP contribution in [0.1, 0.15) is 23.1 Å². The SMILES string of the molecule is CNC(c1cnc(OC)nc1)c1ccnc(C)n1. The molecule has 0 amide bonds. The molecular formula is C12H15N5O. The topological polar surface area (TPSA) is 72.8 Å². The molecule has 2 rings (SSSR count). The Morgan fingerprint density at radius 2 is 1.94 bits per heavy atom. The number of hydrogen-bond acceptors (Lipinski definition) is 6. The van der Waals surface area contributed by atoms with Gasteiger partial charge in [-0.15, -0.1) is 0 Å². The molecule has 0 radical (unpaired) electrons. The van der Waals surface area contributed by atoms with Gasteiger partial charge in [0, 0.05) is 24.2 Å².